The average molecular weight is 210 g/mol. The molecule has 2 nitrogen and oxygen atoms in total. The van der Waals surface area contributed by atoms with Crippen LogP contribution in [0.15, 0.2) is 24.3 Å². The summed E-state index contributed by atoms with van der Waals surface area (Å²) in [6.45, 7) is 4.93. The van der Waals surface area contributed by atoms with Crippen LogP contribution in [-0.2, 0) is 6.42 Å². The molecule has 2 rings (SSSR count). The summed E-state index contributed by atoms with van der Waals surface area (Å²) in [5, 5.41) is 0. The van der Waals surface area contributed by atoms with Crippen molar-refractivity contribution in [3.8, 4) is 0 Å². The molecule has 2 unspecified atom stereocenters. The Kier molecular flexibility index (Phi) is 4.37. The smallest absolute Gasteiger partial charge is 0.0428 e. The minimum absolute atomic E-state index is 0.275. The largest absolute Gasteiger partial charge is 0.354 e. The van der Waals surface area contributed by atoms with Crippen molar-refractivity contribution in [3.05, 3.63) is 29.8 Å². The summed E-state index contributed by atoms with van der Waals surface area (Å²) in [4.78, 5) is 0. The number of nitrogens with two attached hydrogens (primary N) is 1. The average Bonchev–Trinajstić information content (AvgIpc) is 2.20. The number of hydrogen-bond acceptors (Lipinski definition) is 2. The highest BCUT2D eigenvalue weighted by Crippen LogP contribution is 2.28. The van der Waals surface area contributed by atoms with Crippen molar-refractivity contribution >= 4 is 15.1 Å². The van der Waals surface area contributed by atoms with Crippen LogP contribution in [0.3, 0.4) is 0 Å². The first-order chi connectivity index (χ1) is 6.77. The lowest BCUT2D eigenvalue weighted by Crippen LogP contribution is -2.38. The molecule has 1 heterocycles. The first-order valence-corrected chi connectivity index (χ1v) is 5.65. The van der Waals surface area contributed by atoms with E-state index in [1.54, 1.807) is 0 Å². The Morgan fingerprint density at radius 2 is 2.00 bits per heavy atom. The molecule has 2 atom stereocenters. The van der Waals surface area contributed by atoms with Gasteiger partial charge in [0.25, 0.3) is 0 Å². The van der Waals surface area contributed by atoms with E-state index in [2.05, 4.69) is 38.3 Å². The van der Waals surface area contributed by atoms with E-state index in [-0.39, 0.29) is 6.04 Å². The van der Waals surface area contributed by atoms with Crippen molar-refractivity contribution in [2.45, 2.75) is 26.3 Å². The maximum Gasteiger partial charge on any atom is 0.0428 e. The fraction of sp³-hybridized carbons (Fsp3) is 0.455. The standard InChI is InChI=1S/C9H13N2P.C2H6/c10-8-5-7-3-1-2-4-9(7)11(12)6-8;1-2/h1-4,8H,5-6,10,12H2;1-2H3. The van der Waals surface area contributed by atoms with Gasteiger partial charge in [0, 0.05) is 18.3 Å². The summed E-state index contributed by atoms with van der Waals surface area (Å²) in [6.07, 6.45) is 1.00. The number of para-hydroxylation sites is 1. The van der Waals surface area contributed by atoms with Crippen LogP contribution in [0.5, 0.6) is 0 Å². The Hall–Kier alpha value is -0.590. The van der Waals surface area contributed by atoms with E-state index in [4.69, 9.17) is 5.73 Å². The van der Waals surface area contributed by atoms with Crippen molar-refractivity contribution in [2.24, 2.45) is 5.73 Å². The molecule has 0 saturated carbocycles. The van der Waals surface area contributed by atoms with Gasteiger partial charge in [0.05, 0.1) is 0 Å². The van der Waals surface area contributed by atoms with E-state index in [9.17, 15) is 0 Å². The van der Waals surface area contributed by atoms with Crippen molar-refractivity contribution in [2.75, 3.05) is 11.2 Å². The summed E-state index contributed by atoms with van der Waals surface area (Å²) in [6, 6.07) is 8.68. The second-order valence-corrected chi connectivity index (χ2v) is 3.87. The number of rotatable bonds is 0. The molecule has 1 aromatic carbocycles. The van der Waals surface area contributed by atoms with Crippen LogP contribution in [0.2, 0.25) is 0 Å². The van der Waals surface area contributed by atoms with Gasteiger partial charge in [-0.15, -0.1) is 0 Å². The molecular formula is C11H19N2P. The van der Waals surface area contributed by atoms with E-state index in [0.717, 1.165) is 13.0 Å². The van der Waals surface area contributed by atoms with Crippen molar-refractivity contribution in [1.82, 2.24) is 0 Å². The fourth-order valence-electron chi connectivity index (χ4n) is 1.66. The molecule has 0 bridgehead atoms. The van der Waals surface area contributed by atoms with Gasteiger partial charge >= 0.3 is 0 Å². The third kappa shape index (κ3) is 2.46. The fourth-order valence-corrected chi connectivity index (χ4v) is 2.18. The highest BCUT2D eigenvalue weighted by Gasteiger charge is 2.18. The van der Waals surface area contributed by atoms with Crippen molar-refractivity contribution in [1.29, 1.82) is 0 Å². The van der Waals surface area contributed by atoms with Crippen LogP contribution in [0.1, 0.15) is 19.4 Å². The van der Waals surface area contributed by atoms with Crippen LogP contribution in [-0.4, -0.2) is 12.6 Å². The molecule has 1 aliphatic heterocycles. The SMILES string of the molecule is CC.NC1Cc2ccccc2N(P)C1. The molecule has 2 N–H and O–H groups in total. The second kappa shape index (κ2) is 5.33. The molecule has 0 amide bonds. The Bertz CT molecular complexity index is 288. The van der Waals surface area contributed by atoms with Crippen LogP contribution in [0, 0.1) is 0 Å². The summed E-state index contributed by atoms with van der Waals surface area (Å²) in [5.41, 5.74) is 8.53. The van der Waals surface area contributed by atoms with Crippen LogP contribution in [0.25, 0.3) is 0 Å². The van der Waals surface area contributed by atoms with Crippen LogP contribution >= 0.6 is 9.39 Å². The first kappa shape index (κ1) is 11.5. The van der Waals surface area contributed by atoms with Gasteiger partial charge in [-0.1, -0.05) is 32.0 Å². The Morgan fingerprint density at radius 3 is 2.71 bits per heavy atom. The maximum absolute atomic E-state index is 5.88. The molecule has 0 aromatic heterocycles. The lowest BCUT2D eigenvalue weighted by molar-refractivity contribution is 0.657. The quantitative estimate of drug-likeness (QED) is 0.665. The highest BCUT2D eigenvalue weighted by molar-refractivity contribution is 7.19. The van der Waals surface area contributed by atoms with Gasteiger partial charge in [-0.2, -0.15) is 0 Å². The minimum atomic E-state index is 0.275. The predicted molar refractivity (Wildman–Crippen MR) is 66.5 cm³/mol. The number of anilines is 1. The van der Waals surface area contributed by atoms with Gasteiger partial charge in [-0.3, -0.25) is 0 Å². The molecule has 1 aromatic rings. The molecule has 0 saturated heterocycles. The van der Waals surface area contributed by atoms with E-state index in [1.807, 2.05) is 13.8 Å². The van der Waals surface area contributed by atoms with E-state index in [1.165, 1.54) is 11.3 Å². The summed E-state index contributed by atoms with van der Waals surface area (Å²) in [5.74, 6) is 0. The van der Waals surface area contributed by atoms with Gasteiger partial charge in [0.1, 0.15) is 0 Å². The first-order valence-electron chi connectivity index (χ1n) is 5.13. The van der Waals surface area contributed by atoms with Gasteiger partial charge in [0.2, 0.25) is 0 Å². The predicted octanol–water partition coefficient (Wildman–Crippen LogP) is 2.19. The number of nitrogens with zero attached hydrogens (tertiary/aromatic N) is 1. The molecule has 0 spiro atoms. The van der Waals surface area contributed by atoms with E-state index >= 15 is 0 Å². The highest BCUT2D eigenvalue weighted by atomic mass is 31.0. The molecule has 3 heteroatoms. The van der Waals surface area contributed by atoms with Gasteiger partial charge in [-0.05, 0) is 27.4 Å². The second-order valence-electron chi connectivity index (χ2n) is 3.25. The molecule has 0 radical (unpaired) electrons. The van der Waals surface area contributed by atoms with Crippen molar-refractivity contribution in [3.63, 3.8) is 0 Å². The summed E-state index contributed by atoms with van der Waals surface area (Å²) >= 11 is 0. The van der Waals surface area contributed by atoms with Crippen LogP contribution in [0.4, 0.5) is 5.69 Å². The Balaban J connectivity index is 0.000000461. The van der Waals surface area contributed by atoms with Crippen LogP contribution < -0.4 is 10.4 Å². The number of benzene rings is 1. The van der Waals surface area contributed by atoms with Gasteiger partial charge in [-0.25, -0.2) is 0 Å². The number of hydrogen-bond donors (Lipinski definition) is 1. The molecule has 14 heavy (non-hydrogen) atoms. The van der Waals surface area contributed by atoms with E-state index in [0.29, 0.717) is 0 Å². The van der Waals surface area contributed by atoms with Crippen molar-refractivity contribution < 1.29 is 0 Å². The zero-order valence-corrected chi connectivity index (χ0v) is 10.1. The zero-order valence-electron chi connectivity index (χ0n) is 8.90. The third-order valence-corrected chi connectivity index (χ3v) is 2.70. The molecule has 1 aliphatic rings. The normalized spacial score (nSPS) is 19.4. The topological polar surface area (TPSA) is 29.3 Å². The monoisotopic (exact) mass is 210 g/mol. The third-order valence-electron chi connectivity index (χ3n) is 2.21. The summed E-state index contributed by atoms with van der Waals surface area (Å²) < 4.78 is 2.14. The lowest BCUT2D eigenvalue weighted by atomic mass is 10.0. The Morgan fingerprint density at radius 1 is 1.36 bits per heavy atom. The maximum atomic E-state index is 5.88. The minimum Gasteiger partial charge on any atom is -0.354 e. The zero-order chi connectivity index (χ0) is 10.6. The summed E-state index contributed by atoms with van der Waals surface area (Å²) in [7, 11) is 2.71. The number of fused-ring (bicyclic) bond motifs is 1. The molecule has 0 aliphatic carbocycles. The molecule has 78 valence electrons. The molecule has 0 fully saturated rings. The van der Waals surface area contributed by atoms with Gasteiger partial charge in [0.15, 0.2) is 0 Å². The van der Waals surface area contributed by atoms with Gasteiger partial charge < -0.3 is 10.4 Å². The molecular weight excluding hydrogens is 191 g/mol. The lowest BCUT2D eigenvalue weighted by Gasteiger charge is -2.30. The van der Waals surface area contributed by atoms with E-state index < -0.39 is 0 Å². The Labute approximate surface area is 88.7 Å².